The van der Waals surface area contributed by atoms with Crippen molar-refractivity contribution in [3.05, 3.63) is 47.5 Å². The molecule has 0 N–H and O–H groups in total. The maximum absolute atomic E-state index is 13.3. The summed E-state index contributed by atoms with van der Waals surface area (Å²) in [5, 5.41) is 0. The first-order valence-electron chi connectivity index (χ1n) is 12.3. The number of esters is 1. The molecule has 33 heavy (non-hydrogen) atoms. The molecular formula is C27H29NO5. The average Bonchev–Trinajstić information content (AvgIpc) is 3.61. The molecule has 3 saturated carbocycles. The minimum absolute atomic E-state index is 0.0180. The Morgan fingerprint density at radius 1 is 0.909 bits per heavy atom. The van der Waals surface area contributed by atoms with Gasteiger partial charge in [0.25, 0.3) is 0 Å². The normalized spacial score (nSPS) is 38.2. The van der Waals surface area contributed by atoms with Gasteiger partial charge in [0.15, 0.2) is 12.4 Å². The number of hydrogen-bond donors (Lipinski definition) is 0. The van der Waals surface area contributed by atoms with Crippen LogP contribution in [0.15, 0.2) is 36.4 Å². The Bertz CT molecular complexity index is 1010. The highest BCUT2D eigenvalue weighted by molar-refractivity contribution is 6.06. The third-order valence-electron chi connectivity index (χ3n) is 8.81. The lowest BCUT2D eigenvalue weighted by Crippen LogP contribution is -2.44. The van der Waals surface area contributed by atoms with E-state index in [2.05, 4.69) is 12.2 Å². The van der Waals surface area contributed by atoms with E-state index in [0.717, 1.165) is 12.0 Å². The monoisotopic (exact) mass is 447 g/mol. The van der Waals surface area contributed by atoms with Crippen molar-refractivity contribution in [1.82, 2.24) is 4.90 Å². The van der Waals surface area contributed by atoms with Crippen LogP contribution in [0.1, 0.15) is 48.0 Å². The molecular weight excluding hydrogens is 418 g/mol. The number of hydrogen-bond acceptors (Lipinski definition) is 5. The first-order chi connectivity index (χ1) is 15.9. The van der Waals surface area contributed by atoms with Crippen molar-refractivity contribution in [2.45, 2.75) is 45.1 Å². The first kappa shape index (κ1) is 20.8. The van der Waals surface area contributed by atoms with Gasteiger partial charge in [-0.1, -0.05) is 42.0 Å². The number of carbonyl (C=O) groups excluding carboxylic acids is 4. The largest absolute Gasteiger partial charge is 0.457 e. The van der Waals surface area contributed by atoms with Gasteiger partial charge in [-0.3, -0.25) is 24.1 Å². The molecule has 7 rings (SSSR count). The molecule has 6 heteroatoms. The fraction of sp³-hybridized carbons (Fsp3) is 0.556. The molecule has 1 heterocycles. The molecule has 6 nitrogen and oxygen atoms in total. The third kappa shape index (κ3) is 3.29. The SMILES string of the molecule is Cc1ccc(C(=O)COC(=O)C2CCC(N3C(=O)[C@@H]4[C@H]5C=C[C@@H]([C@@H]6C[C@@H]56)[C@@H]4C3=O)CC2)cc1. The first-order valence-corrected chi connectivity index (χ1v) is 12.3. The van der Waals surface area contributed by atoms with Gasteiger partial charge in [-0.05, 0) is 62.7 Å². The van der Waals surface area contributed by atoms with Gasteiger partial charge in [0, 0.05) is 11.6 Å². The van der Waals surface area contributed by atoms with Gasteiger partial charge >= 0.3 is 5.97 Å². The average molecular weight is 448 g/mol. The fourth-order valence-corrected chi connectivity index (χ4v) is 6.99. The molecule has 0 unspecified atom stereocenters. The summed E-state index contributed by atoms with van der Waals surface area (Å²) in [6, 6.07) is 7.08. The highest BCUT2D eigenvalue weighted by Crippen LogP contribution is 2.65. The Kier molecular flexibility index (Phi) is 4.82. The van der Waals surface area contributed by atoms with Crippen molar-refractivity contribution in [2.75, 3.05) is 6.61 Å². The number of rotatable bonds is 5. The van der Waals surface area contributed by atoms with E-state index in [0.29, 0.717) is 43.1 Å². The second-order valence-corrected chi connectivity index (χ2v) is 10.6. The molecule has 6 aliphatic rings. The van der Waals surface area contributed by atoms with Gasteiger partial charge in [0.2, 0.25) is 11.8 Å². The van der Waals surface area contributed by atoms with Gasteiger partial charge < -0.3 is 4.74 Å². The summed E-state index contributed by atoms with van der Waals surface area (Å²) in [7, 11) is 0. The Morgan fingerprint density at radius 2 is 1.48 bits per heavy atom. The van der Waals surface area contributed by atoms with Crippen molar-refractivity contribution < 1.29 is 23.9 Å². The van der Waals surface area contributed by atoms with Crippen molar-refractivity contribution in [3.8, 4) is 0 Å². The van der Waals surface area contributed by atoms with E-state index in [4.69, 9.17) is 4.74 Å². The minimum Gasteiger partial charge on any atom is -0.457 e. The van der Waals surface area contributed by atoms with Crippen LogP contribution in [0.3, 0.4) is 0 Å². The molecule has 6 atom stereocenters. The second-order valence-electron chi connectivity index (χ2n) is 10.6. The number of Topliss-reactive ketones (excluding diaryl/α,β-unsaturated/α-hetero) is 1. The third-order valence-corrected chi connectivity index (χ3v) is 8.81. The Morgan fingerprint density at radius 3 is 2.06 bits per heavy atom. The number of ether oxygens (including phenoxy) is 1. The molecule has 0 radical (unpaired) electrons. The van der Waals surface area contributed by atoms with Gasteiger partial charge in [-0.2, -0.15) is 0 Å². The standard InChI is InChI=1S/C27H29NO5/c1-14-2-4-15(5-3-14)22(29)13-33-27(32)16-6-8-17(9-7-16)28-25(30)23-18-10-11-19(21-12-20(18)21)24(23)26(28)31/h2-5,10-11,16-21,23-24H,6-9,12-13H2,1H3/t16?,17?,18-,19-,20-,21-,23-,24+/m0/s1. The molecule has 172 valence electrons. The van der Waals surface area contributed by atoms with Gasteiger partial charge in [0.1, 0.15) is 0 Å². The van der Waals surface area contributed by atoms with Crippen molar-refractivity contribution in [2.24, 2.45) is 41.4 Å². The molecule has 1 aliphatic heterocycles. The summed E-state index contributed by atoms with van der Waals surface area (Å²) in [5.41, 5.74) is 1.60. The van der Waals surface area contributed by atoms with E-state index in [1.807, 2.05) is 19.1 Å². The van der Waals surface area contributed by atoms with E-state index in [1.165, 1.54) is 0 Å². The summed E-state index contributed by atoms with van der Waals surface area (Å²) in [6.45, 7) is 1.69. The molecule has 0 aromatic heterocycles. The molecule has 0 spiro atoms. The Hall–Kier alpha value is -2.76. The van der Waals surface area contributed by atoms with Crippen LogP contribution in [0.4, 0.5) is 0 Å². The molecule has 1 saturated heterocycles. The molecule has 5 aliphatic carbocycles. The topological polar surface area (TPSA) is 80.8 Å². The molecule has 2 amide bonds. The highest BCUT2D eigenvalue weighted by atomic mass is 16.5. The Labute approximate surface area is 193 Å². The van der Waals surface area contributed by atoms with Gasteiger partial charge in [0.05, 0.1) is 17.8 Å². The molecule has 2 bridgehead atoms. The second kappa shape index (κ2) is 7.64. The van der Waals surface area contributed by atoms with Gasteiger partial charge in [-0.15, -0.1) is 0 Å². The summed E-state index contributed by atoms with van der Waals surface area (Å²) in [5.74, 6) is 0.544. The van der Waals surface area contributed by atoms with Crippen LogP contribution in [0.2, 0.25) is 0 Å². The number of ketones is 1. The van der Waals surface area contributed by atoms with E-state index in [-0.39, 0.29) is 65.8 Å². The van der Waals surface area contributed by atoms with E-state index in [1.54, 1.807) is 17.0 Å². The van der Waals surface area contributed by atoms with Crippen LogP contribution in [-0.2, 0) is 19.1 Å². The summed E-state index contributed by atoms with van der Waals surface area (Å²) in [6.07, 6.45) is 7.95. The van der Waals surface area contributed by atoms with E-state index in [9.17, 15) is 19.2 Å². The molecule has 1 aromatic carbocycles. The maximum atomic E-state index is 13.3. The van der Waals surface area contributed by atoms with Crippen LogP contribution < -0.4 is 0 Å². The van der Waals surface area contributed by atoms with Crippen LogP contribution >= 0.6 is 0 Å². The van der Waals surface area contributed by atoms with Crippen LogP contribution in [0, 0.1) is 48.3 Å². The summed E-state index contributed by atoms with van der Waals surface area (Å²) in [4.78, 5) is 53.0. The number of benzene rings is 1. The quantitative estimate of drug-likeness (QED) is 0.299. The number of imide groups is 1. The van der Waals surface area contributed by atoms with Crippen LogP contribution in [0.5, 0.6) is 0 Å². The smallest absolute Gasteiger partial charge is 0.309 e. The van der Waals surface area contributed by atoms with E-state index < -0.39 is 0 Å². The maximum Gasteiger partial charge on any atom is 0.309 e. The van der Waals surface area contributed by atoms with Crippen LogP contribution in [-0.4, -0.2) is 41.1 Å². The van der Waals surface area contributed by atoms with Crippen molar-refractivity contribution in [1.29, 1.82) is 0 Å². The van der Waals surface area contributed by atoms with Crippen molar-refractivity contribution in [3.63, 3.8) is 0 Å². The van der Waals surface area contributed by atoms with Crippen molar-refractivity contribution >= 4 is 23.6 Å². The zero-order valence-corrected chi connectivity index (χ0v) is 18.8. The summed E-state index contributed by atoms with van der Waals surface area (Å²) < 4.78 is 5.32. The lowest BCUT2D eigenvalue weighted by atomic mass is 9.63. The van der Waals surface area contributed by atoms with Crippen LogP contribution in [0.25, 0.3) is 0 Å². The zero-order chi connectivity index (χ0) is 22.9. The fourth-order valence-electron chi connectivity index (χ4n) is 6.99. The Balaban J connectivity index is 1.04. The highest BCUT2D eigenvalue weighted by Gasteiger charge is 2.67. The van der Waals surface area contributed by atoms with Gasteiger partial charge in [-0.25, -0.2) is 0 Å². The number of likely N-dealkylation sites (tertiary alicyclic amines) is 1. The number of allylic oxidation sites excluding steroid dienone is 2. The lowest BCUT2D eigenvalue weighted by Gasteiger charge is -2.37. The number of aryl methyl sites for hydroxylation is 1. The number of carbonyl (C=O) groups is 4. The molecule has 4 fully saturated rings. The molecule has 1 aromatic rings. The number of amides is 2. The predicted octanol–water partition coefficient (Wildman–Crippen LogP) is 3.33. The number of nitrogens with zero attached hydrogens (tertiary/aromatic N) is 1. The predicted molar refractivity (Wildman–Crippen MR) is 119 cm³/mol. The lowest BCUT2D eigenvalue weighted by molar-refractivity contribution is -0.149. The zero-order valence-electron chi connectivity index (χ0n) is 18.8. The minimum atomic E-state index is -0.357. The van der Waals surface area contributed by atoms with E-state index >= 15 is 0 Å². The summed E-state index contributed by atoms with van der Waals surface area (Å²) >= 11 is 0.